The highest BCUT2D eigenvalue weighted by atomic mass is 32.2. The number of aryl methyl sites for hydroxylation is 5. The molecular formula is C27H34N2S. The zero-order valence-corrected chi connectivity index (χ0v) is 19.9. The highest BCUT2D eigenvalue weighted by Crippen LogP contribution is 2.35. The van der Waals surface area contributed by atoms with Crippen LogP contribution in [0.3, 0.4) is 0 Å². The minimum atomic E-state index is 0.365. The number of aromatic nitrogens is 2. The Morgan fingerprint density at radius 1 is 0.967 bits per heavy atom. The van der Waals surface area contributed by atoms with E-state index in [0.717, 1.165) is 36.2 Å². The van der Waals surface area contributed by atoms with Gasteiger partial charge in [0.25, 0.3) is 0 Å². The average Bonchev–Trinajstić information content (AvgIpc) is 3.24. The van der Waals surface area contributed by atoms with Gasteiger partial charge in [-0.1, -0.05) is 62.5 Å². The zero-order chi connectivity index (χ0) is 21.7. The fourth-order valence-electron chi connectivity index (χ4n) is 3.62. The number of thioether (sulfide) groups is 1. The summed E-state index contributed by atoms with van der Waals surface area (Å²) in [6.07, 6.45) is 8.36. The van der Waals surface area contributed by atoms with Gasteiger partial charge < -0.3 is 0 Å². The molecule has 3 rings (SSSR count). The van der Waals surface area contributed by atoms with Crippen LogP contribution in [0, 0.1) is 6.92 Å². The van der Waals surface area contributed by atoms with Crippen molar-refractivity contribution in [2.45, 2.75) is 71.2 Å². The Hall–Kier alpha value is -2.26. The second-order valence-corrected chi connectivity index (χ2v) is 9.43. The Morgan fingerprint density at radius 2 is 1.60 bits per heavy atom. The highest BCUT2D eigenvalue weighted by molar-refractivity contribution is 8.08. The van der Waals surface area contributed by atoms with E-state index in [1.807, 2.05) is 10.9 Å². The molecule has 158 valence electrons. The first-order valence-electron chi connectivity index (χ1n) is 11.0. The van der Waals surface area contributed by atoms with E-state index >= 15 is 0 Å². The van der Waals surface area contributed by atoms with Crippen molar-refractivity contribution in [3.8, 4) is 0 Å². The third-order valence-electron chi connectivity index (χ3n) is 5.56. The number of nitrogens with zero attached hydrogens (tertiary/aromatic N) is 2. The molecule has 0 saturated heterocycles. The lowest BCUT2D eigenvalue weighted by atomic mass is 9.97. The van der Waals surface area contributed by atoms with Crippen molar-refractivity contribution in [3.63, 3.8) is 0 Å². The second-order valence-electron chi connectivity index (χ2n) is 8.29. The smallest absolute Gasteiger partial charge is 0.0573 e. The summed E-state index contributed by atoms with van der Waals surface area (Å²) in [5.74, 6) is 0. The Balaban J connectivity index is 1.65. The van der Waals surface area contributed by atoms with Crippen molar-refractivity contribution in [1.29, 1.82) is 0 Å². The predicted molar refractivity (Wildman–Crippen MR) is 131 cm³/mol. The number of benzene rings is 2. The molecule has 0 atom stereocenters. The third kappa shape index (κ3) is 5.66. The van der Waals surface area contributed by atoms with Gasteiger partial charge in [-0.05, 0) is 80.3 Å². The first-order valence-corrected chi connectivity index (χ1v) is 11.8. The molecule has 0 bridgehead atoms. The fourth-order valence-corrected chi connectivity index (χ4v) is 4.46. The van der Waals surface area contributed by atoms with Crippen LogP contribution in [-0.4, -0.2) is 9.78 Å². The SMILES string of the molecule is C=C(Sc1ccc(CCc2cc(CC)cc(CC)c2)cc1C)c1cnn(C(C)C)c1. The number of rotatable bonds is 9. The van der Waals surface area contributed by atoms with E-state index < -0.39 is 0 Å². The predicted octanol–water partition coefficient (Wildman–Crippen LogP) is 7.45. The first kappa shape index (κ1) is 22.4. The molecule has 3 aromatic rings. The Labute approximate surface area is 186 Å². The summed E-state index contributed by atoms with van der Waals surface area (Å²) in [5.41, 5.74) is 8.16. The van der Waals surface area contributed by atoms with Gasteiger partial charge in [0.15, 0.2) is 0 Å². The van der Waals surface area contributed by atoms with Crippen LogP contribution in [0.25, 0.3) is 4.91 Å². The highest BCUT2D eigenvalue weighted by Gasteiger charge is 2.09. The largest absolute Gasteiger partial charge is 0.270 e. The standard InChI is InChI=1S/C27H34N2S/c1-7-22-14-23(8-2)16-25(15-22)10-9-24-11-12-27(20(5)13-24)30-21(6)26-17-28-29(18-26)19(3)4/h11-19H,6-10H2,1-5H3. The summed E-state index contributed by atoms with van der Waals surface area (Å²) >= 11 is 1.73. The molecule has 0 spiro atoms. The zero-order valence-electron chi connectivity index (χ0n) is 19.0. The maximum Gasteiger partial charge on any atom is 0.0573 e. The van der Waals surface area contributed by atoms with E-state index in [1.165, 1.54) is 32.7 Å². The maximum absolute atomic E-state index is 4.44. The van der Waals surface area contributed by atoms with Gasteiger partial charge in [-0.25, -0.2) is 0 Å². The monoisotopic (exact) mass is 418 g/mol. The van der Waals surface area contributed by atoms with Gasteiger partial charge >= 0.3 is 0 Å². The van der Waals surface area contributed by atoms with Crippen molar-refractivity contribution in [2.24, 2.45) is 0 Å². The van der Waals surface area contributed by atoms with E-state index in [0.29, 0.717) is 6.04 Å². The molecule has 3 heteroatoms. The van der Waals surface area contributed by atoms with Crippen molar-refractivity contribution in [1.82, 2.24) is 9.78 Å². The van der Waals surface area contributed by atoms with Crippen molar-refractivity contribution in [3.05, 3.63) is 88.8 Å². The average molecular weight is 419 g/mol. The van der Waals surface area contributed by atoms with E-state index in [1.54, 1.807) is 11.8 Å². The lowest BCUT2D eigenvalue weighted by Crippen LogP contribution is -1.99. The molecule has 0 unspecified atom stereocenters. The molecule has 2 nitrogen and oxygen atoms in total. The maximum atomic E-state index is 4.44. The van der Waals surface area contributed by atoms with Gasteiger partial charge in [-0.3, -0.25) is 4.68 Å². The van der Waals surface area contributed by atoms with Gasteiger partial charge in [0.05, 0.1) is 6.20 Å². The molecule has 0 fully saturated rings. The van der Waals surface area contributed by atoms with Gasteiger partial charge in [-0.2, -0.15) is 5.10 Å². The molecular weight excluding hydrogens is 384 g/mol. The molecule has 2 aromatic carbocycles. The van der Waals surface area contributed by atoms with E-state index in [2.05, 4.69) is 88.9 Å². The summed E-state index contributed by atoms with van der Waals surface area (Å²) in [6, 6.07) is 14.3. The molecule has 0 aliphatic heterocycles. The Kier molecular flexibility index (Phi) is 7.60. The molecule has 1 heterocycles. The molecule has 0 N–H and O–H groups in total. The lowest BCUT2D eigenvalue weighted by Gasteiger charge is -2.11. The van der Waals surface area contributed by atoms with E-state index in [9.17, 15) is 0 Å². The van der Waals surface area contributed by atoms with Crippen LogP contribution in [0.2, 0.25) is 0 Å². The lowest BCUT2D eigenvalue weighted by molar-refractivity contribution is 0.532. The molecule has 1 aromatic heterocycles. The van der Waals surface area contributed by atoms with Crippen LogP contribution in [0.15, 0.2) is 60.3 Å². The molecule has 30 heavy (non-hydrogen) atoms. The third-order valence-corrected chi connectivity index (χ3v) is 6.72. The van der Waals surface area contributed by atoms with E-state index in [4.69, 9.17) is 0 Å². The van der Waals surface area contributed by atoms with Crippen molar-refractivity contribution < 1.29 is 0 Å². The fraction of sp³-hybridized carbons (Fsp3) is 0.370. The minimum absolute atomic E-state index is 0.365. The van der Waals surface area contributed by atoms with Crippen molar-refractivity contribution >= 4 is 16.7 Å². The molecule has 0 amide bonds. The topological polar surface area (TPSA) is 17.8 Å². The normalized spacial score (nSPS) is 11.3. The van der Waals surface area contributed by atoms with Crippen LogP contribution in [0.4, 0.5) is 0 Å². The molecule has 0 saturated carbocycles. The second kappa shape index (κ2) is 10.2. The van der Waals surface area contributed by atoms with Gasteiger partial charge in [-0.15, -0.1) is 0 Å². The summed E-state index contributed by atoms with van der Waals surface area (Å²) in [6.45, 7) is 15.2. The molecule has 0 radical (unpaired) electrons. The summed E-state index contributed by atoms with van der Waals surface area (Å²) in [7, 11) is 0. The Morgan fingerprint density at radius 3 is 2.17 bits per heavy atom. The van der Waals surface area contributed by atoms with Crippen LogP contribution >= 0.6 is 11.8 Å². The van der Waals surface area contributed by atoms with Gasteiger partial charge in [0.1, 0.15) is 0 Å². The van der Waals surface area contributed by atoms with Gasteiger partial charge in [0.2, 0.25) is 0 Å². The summed E-state index contributed by atoms with van der Waals surface area (Å²) < 4.78 is 1.98. The van der Waals surface area contributed by atoms with E-state index in [-0.39, 0.29) is 0 Å². The summed E-state index contributed by atoms with van der Waals surface area (Å²) in [4.78, 5) is 2.31. The quantitative estimate of drug-likeness (QED) is 0.336. The minimum Gasteiger partial charge on any atom is -0.270 e. The van der Waals surface area contributed by atoms with Crippen LogP contribution in [0.1, 0.15) is 67.1 Å². The molecule has 0 aliphatic carbocycles. The van der Waals surface area contributed by atoms with Crippen molar-refractivity contribution in [2.75, 3.05) is 0 Å². The van der Waals surface area contributed by atoms with Crippen LogP contribution < -0.4 is 0 Å². The Bertz CT molecular complexity index is 991. The number of hydrogen-bond donors (Lipinski definition) is 0. The van der Waals surface area contributed by atoms with Crippen LogP contribution in [-0.2, 0) is 25.7 Å². The van der Waals surface area contributed by atoms with Crippen LogP contribution in [0.5, 0.6) is 0 Å². The number of hydrogen-bond acceptors (Lipinski definition) is 2. The molecule has 0 aliphatic rings. The first-order chi connectivity index (χ1) is 14.4. The summed E-state index contributed by atoms with van der Waals surface area (Å²) in [5, 5.41) is 4.44. The van der Waals surface area contributed by atoms with Gasteiger partial charge in [0, 0.05) is 27.6 Å².